The molecule has 0 saturated carbocycles. The third kappa shape index (κ3) is 30.7. The summed E-state index contributed by atoms with van der Waals surface area (Å²) in [6.45, 7) is 11.1. The molecule has 0 amide bonds. The third-order valence-electron chi connectivity index (χ3n) is 3.49. The quantitative estimate of drug-likeness (QED) is 0.0717. The van der Waals surface area contributed by atoms with E-state index in [0.29, 0.717) is 26.4 Å². The van der Waals surface area contributed by atoms with Gasteiger partial charge >= 0.3 is 19.5 Å². The second kappa shape index (κ2) is 25.3. The molecule has 0 bridgehead atoms. The van der Waals surface area contributed by atoms with Gasteiger partial charge in [0.05, 0.1) is 26.4 Å². The summed E-state index contributed by atoms with van der Waals surface area (Å²) in [6, 6.07) is 0. The molecule has 0 saturated heterocycles. The van der Waals surface area contributed by atoms with Crippen LogP contribution in [-0.2, 0) is 86.6 Å². The summed E-state index contributed by atoms with van der Waals surface area (Å²) in [6.07, 6.45) is 6.27. The van der Waals surface area contributed by atoms with Gasteiger partial charge in [0.1, 0.15) is 0 Å². The van der Waals surface area contributed by atoms with Gasteiger partial charge in [-0.3, -0.25) is 18.1 Å². The van der Waals surface area contributed by atoms with Gasteiger partial charge in [-0.15, -0.1) is 0 Å². The standard InChI is InChI=1S/2C9H21O2PS2.Zn/c2*1-3-5-7-9-11-12(13,14)10-8-6-4-2;/h2*3-9H2,1-2H3,(H,13,14);/q;;+2/p-2. The van der Waals surface area contributed by atoms with E-state index in [4.69, 9.17) is 67.1 Å². The molecule has 0 rings (SSSR count). The van der Waals surface area contributed by atoms with Crippen LogP contribution in [0.4, 0.5) is 0 Å². The van der Waals surface area contributed by atoms with Gasteiger partial charge in [-0.2, -0.15) is 0 Å². The van der Waals surface area contributed by atoms with Crippen molar-refractivity contribution < 1.29 is 37.6 Å². The Labute approximate surface area is 215 Å². The number of hydrogen-bond donors (Lipinski definition) is 0. The van der Waals surface area contributed by atoms with Gasteiger partial charge in [0.25, 0.3) is 0 Å². The first-order chi connectivity index (χ1) is 13.2. The molecule has 0 N–H and O–H groups in total. The van der Waals surface area contributed by atoms with Crippen LogP contribution in [0.25, 0.3) is 0 Å². The minimum atomic E-state index is -2.35. The van der Waals surface area contributed by atoms with Crippen molar-refractivity contribution in [2.45, 2.75) is 91.9 Å². The van der Waals surface area contributed by atoms with E-state index in [-0.39, 0.29) is 19.5 Å². The number of hydrogen-bond acceptors (Lipinski definition) is 8. The van der Waals surface area contributed by atoms with Crippen LogP contribution in [0.2, 0.25) is 0 Å². The maximum Gasteiger partial charge on any atom is 2.00 e. The van der Waals surface area contributed by atoms with Crippen LogP contribution in [0.15, 0.2) is 0 Å². The average Bonchev–Trinajstić information content (AvgIpc) is 2.63. The van der Waals surface area contributed by atoms with Gasteiger partial charge in [0.2, 0.25) is 0 Å². The molecule has 0 aromatic rings. The zero-order chi connectivity index (χ0) is 21.7. The van der Waals surface area contributed by atoms with Crippen molar-refractivity contribution in [2.75, 3.05) is 26.4 Å². The van der Waals surface area contributed by atoms with Gasteiger partial charge < -0.3 is 49.0 Å². The van der Waals surface area contributed by atoms with Crippen LogP contribution in [-0.4, -0.2) is 26.4 Å². The average molecular weight is 576 g/mol. The van der Waals surface area contributed by atoms with Crippen LogP contribution in [0.3, 0.4) is 0 Å². The molecule has 0 fully saturated rings. The third-order valence-corrected chi connectivity index (χ3v) is 8.01. The maximum atomic E-state index is 5.40. The van der Waals surface area contributed by atoms with Crippen molar-refractivity contribution >= 4 is 61.2 Å². The predicted octanol–water partition coefficient (Wildman–Crippen LogP) is 7.56. The minimum absolute atomic E-state index is 0. The van der Waals surface area contributed by atoms with Crippen LogP contribution in [0.1, 0.15) is 91.9 Å². The van der Waals surface area contributed by atoms with Crippen LogP contribution in [0.5, 0.6) is 0 Å². The van der Waals surface area contributed by atoms with E-state index < -0.39 is 12.2 Å². The van der Waals surface area contributed by atoms with E-state index in [1.807, 2.05) is 0 Å². The Morgan fingerprint density at radius 3 is 0.931 bits per heavy atom. The maximum absolute atomic E-state index is 5.40. The molecular formula is C18H40O4P2S4Zn. The molecule has 0 aliphatic carbocycles. The van der Waals surface area contributed by atoms with Gasteiger partial charge in [0.15, 0.2) is 0 Å². The van der Waals surface area contributed by atoms with Crippen molar-refractivity contribution in [3.8, 4) is 0 Å². The first-order valence-corrected chi connectivity index (χ1v) is 17.7. The SMILES string of the molecule is CCCCCO[P+]([S-])([S-])OCCCC.CCCCCO[P+]([S-])([S-])OCCCC.[Zn+2]. The molecule has 0 aliphatic heterocycles. The number of rotatable bonds is 18. The molecule has 0 aromatic heterocycles. The molecule has 4 nitrogen and oxygen atoms in total. The second-order valence-electron chi connectivity index (χ2n) is 6.35. The summed E-state index contributed by atoms with van der Waals surface area (Å²) < 4.78 is 21.5. The van der Waals surface area contributed by atoms with Crippen LogP contribution < -0.4 is 0 Å². The molecule has 11 heteroatoms. The molecule has 0 aromatic carbocycles. The summed E-state index contributed by atoms with van der Waals surface area (Å²) in [4.78, 5) is 0. The Morgan fingerprint density at radius 1 is 0.448 bits per heavy atom. The van der Waals surface area contributed by atoms with Gasteiger partial charge in [-0.25, -0.2) is 0 Å². The molecule has 0 radical (unpaired) electrons. The Bertz CT molecular complexity index is 304. The molecular weight excluding hydrogens is 536 g/mol. The van der Waals surface area contributed by atoms with Gasteiger partial charge in [-0.05, 0) is 25.7 Å². The van der Waals surface area contributed by atoms with Crippen LogP contribution >= 0.6 is 12.2 Å². The Kier molecular flexibility index (Phi) is 31.7. The van der Waals surface area contributed by atoms with Crippen molar-refractivity contribution in [2.24, 2.45) is 0 Å². The fraction of sp³-hybridized carbons (Fsp3) is 1.00. The summed E-state index contributed by atoms with van der Waals surface area (Å²) in [5.74, 6) is 0. The molecule has 172 valence electrons. The fourth-order valence-corrected chi connectivity index (χ4v) is 5.12. The molecule has 0 unspecified atom stereocenters. The fourth-order valence-electron chi connectivity index (χ4n) is 1.77. The second-order valence-corrected chi connectivity index (χ2v) is 16.3. The van der Waals surface area contributed by atoms with Crippen molar-refractivity contribution in [3.63, 3.8) is 0 Å². The molecule has 0 spiro atoms. The van der Waals surface area contributed by atoms with Crippen LogP contribution in [0, 0.1) is 0 Å². The predicted molar refractivity (Wildman–Crippen MR) is 136 cm³/mol. The van der Waals surface area contributed by atoms with Crippen molar-refractivity contribution in [1.29, 1.82) is 0 Å². The minimum Gasteiger partial charge on any atom is -0.516 e. The molecule has 0 aliphatic rings. The molecule has 29 heavy (non-hydrogen) atoms. The van der Waals surface area contributed by atoms with Crippen molar-refractivity contribution in [3.05, 3.63) is 0 Å². The summed E-state index contributed by atoms with van der Waals surface area (Å²) in [5.41, 5.74) is 0. The summed E-state index contributed by atoms with van der Waals surface area (Å²) >= 11 is 20.4. The Balaban J connectivity index is -0.000000451. The topological polar surface area (TPSA) is 36.9 Å². The van der Waals surface area contributed by atoms with E-state index in [2.05, 4.69) is 27.7 Å². The van der Waals surface area contributed by atoms with E-state index in [1.165, 1.54) is 25.7 Å². The van der Waals surface area contributed by atoms with E-state index in [1.54, 1.807) is 0 Å². The normalized spacial score (nSPS) is 11.6. The Morgan fingerprint density at radius 2 is 0.690 bits per heavy atom. The smallest absolute Gasteiger partial charge is 0.516 e. The summed E-state index contributed by atoms with van der Waals surface area (Å²) in [7, 11) is 0. The number of unbranched alkanes of at least 4 members (excludes halogenated alkanes) is 6. The van der Waals surface area contributed by atoms with E-state index >= 15 is 0 Å². The summed E-state index contributed by atoms with van der Waals surface area (Å²) in [5, 5.41) is 0. The van der Waals surface area contributed by atoms with Gasteiger partial charge in [-0.1, -0.05) is 66.2 Å². The zero-order valence-corrected chi connectivity index (χ0v) is 26.8. The molecule has 0 atom stereocenters. The largest absolute Gasteiger partial charge is 2.00 e. The van der Waals surface area contributed by atoms with E-state index in [0.717, 1.165) is 38.5 Å². The monoisotopic (exact) mass is 574 g/mol. The van der Waals surface area contributed by atoms with Gasteiger partial charge in [0, 0.05) is 12.2 Å². The Hall–Kier alpha value is 2.72. The molecule has 0 heterocycles. The van der Waals surface area contributed by atoms with Crippen molar-refractivity contribution in [1.82, 2.24) is 0 Å². The first kappa shape index (κ1) is 36.3. The van der Waals surface area contributed by atoms with E-state index in [9.17, 15) is 0 Å². The zero-order valence-electron chi connectivity index (χ0n) is 18.8. The first-order valence-electron chi connectivity index (χ1n) is 10.4.